The van der Waals surface area contributed by atoms with Crippen LogP contribution in [0.4, 0.5) is 5.69 Å². The van der Waals surface area contributed by atoms with E-state index in [4.69, 9.17) is 27.9 Å². The molecule has 0 fully saturated rings. The quantitative estimate of drug-likeness (QED) is 0.211. The number of hydrogen-bond acceptors (Lipinski definition) is 3. The van der Waals surface area contributed by atoms with E-state index in [0.29, 0.717) is 33.7 Å². The van der Waals surface area contributed by atoms with Crippen molar-refractivity contribution in [2.45, 2.75) is 6.61 Å². The molecular weight excluding hydrogens is 534 g/mol. The van der Waals surface area contributed by atoms with Crippen LogP contribution in [0.15, 0.2) is 72.3 Å². The molecule has 0 heterocycles. The number of carbonyl (C=O) groups excluding carboxylic acids is 1. The lowest BCUT2D eigenvalue weighted by atomic mass is 10.1. The lowest BCUT2D eigenvalue weighted by molar-refractivity contribution is -0.112. The lowest BCUT2D eigenvalue weighted by Crippen LogP contribution is -2.13. The second-order valence-electron chi connectivity index (χ2n) is 6.21. The first-order valence-electron chi connectivity index (χ1n) is 8.81. The minimum atomic E-state index is -0.555. The number of carbonyl (C=O) groups is 1. The number of nitrogens with zero attached hydrogens (tertiary/aromatic N) is 1. The van der Waals surface area contributed by atoms with E-state index in [0.717, 1.165) is 9.13 Å². The van der Waals surface area contributed by atoms with Gasteiger partial charge < -0.3 is 10.1 Å². The third-order valence-electron chi connectivity index (χ3n) is 4.06. The van der Waals surface area contributed by atoms with Crippen molar-refractivity contribution in [2.24, 2.45) is 0 Å². The van der Waals surface area contributed by atoms with Gasteiger partial charge in [0.05, 0.1) is 15.7 Å². The maximum Gasteiger partial charge on any atom is 0.266 e. The summed E-state index contributed by atoms with van der Waals surface area (Å²) in [5.74, 6) is -0.0350. The van der Waals surface area contributed by atoms with Crippen molar-refractivity contribution in [3.63, 3.8) is 0 Å². The summed E-state index contributed by atoms with van der Waals surface area (Å²) in [6.07, 6.45) is 1.46. The van der Waals surface area contributed by atoms with Gasteiger partial charge in [-0.05, 0) is 76.2 Å². The van der Waals surface area contributed by atoms with E-state index >= 15 is 0 Å². The molecule has 0 aliphatic rings. The first kappa shape index (κ1) is 22.2. The molecule has 3 aromatic rings. The Labute approximate surface area is 198 Å². The molecule has 1 N–H and O–H groups in total. The van der Waals surface area contributed by atoms with Gasteiger partial charge in [0.2, 0.25) is 0 Å². The maximum atomic E-state index is 12.4. The normalized spacial score (nSPS) is 10.9. The fourth-order valence-corrected chi connectivity index (χ4v) is 3.32. The van der Waals surface area contributed by atoms with Gasteiger partial charge in [0, 0.05) is 3.57 Å². The van der Waals surface area contributed by atoms with Gasteiger partial charge in [-0.1, -0.05) is 53.5 Å². The number of halogens is 3. The first-order valence-corrected chi connectivity index (χ1v) is 10.6. The van der Waals surface area contributed by atoms with Gasteiger partial charge in [0.25, 0.3) is 5.91 Å². The molecule has 3 rings (SSSR count). The smallest absolute Gasteiger partial charge is 0.266 e. The Kier molecular flexibility index (Phi) is 7.75. The van der Waals surface area contributed by atoms with E-state index in [-0.39, 0.29) is 5.57 Å². The van der Waals surface area contributed by atoms with Crippen LogP contribution in [-0.2, 0) is 11.4 Å². The Morgan fingerprint density at radius 1 is 1.07 bits per heavy atom. The van der Waals surface area contributed by atoms with Crippen LogP contribution in [0.5, 0.6) is 5.75 Å². The van der Waals surface area contributed by atoms with E-state index in [2.05, 4.69) is 27.9 Å². The molecule has 0 saturated heterocycles. The number of nitriles is 1. The van der Waals surface area contributed by atoms with Crippen molar-refractivity contribution < 1.29 is 9.53 Å². The molecule has 0 spiro atoms. The summed E-state index contributed by atoms with van der Waals surface area (Å²) in [7, 11) is 0. The van der Waals surface area contributed by atoms with Crippen LogP contribution in [0, 0.1) is 14.9 Å². The number of amides is 1. The zero-order chi connectivity index (χ0) is 21.5. The second-order valence-corrected chi connectivity index (χ2v) is 8.27. The number of ether oxygens (including phenoxy) is 1. The van der Waals surface area contributed by atoms with Crippen LogP contribution in [0.1, 0.15) is 11.1 Å². The third-order valence-corrected chi connectivity index (χ3v) is 5.41. The third kappa shape index (κ3) is 5.99. The predicted octanol–water partition coefficient (Wildman–Crippen LogP) is 6.72. The first-order chi connectivity index (χ1) is 14.5. The average Bonchev–Trinajstić information content (AvgIpc) is 2.74. The molecule has 0 aliphatic carbocycles. The second kappa shape index (κ2) is 10.5. The van der Waals surface area contributed by atoms with Gasteiger partial charge >= 0.3 is 0 Å². The van der Waals surface area contributed by atoms with Crippen LogP contribution >= 0.6 is 45.8 Å². The Morgan fingerprint density at radius 3 is 2.47 bits per heavy atom. The topological polar surface area (TPSA) is 62.1 Å². The van der Waals surface area contributed by atoms with Crippen LogP contribution in [-0.4, -0.2) is 5.91 Å². The van der Waals surface area contributed by atoms with Crippen molar-refractivity contribution in [1.82, 2.24) is 0 Å². The van der Waals surface area contributed by atoms with Crippen LogP contribution in [0.25, 0.3) is 6.08 Å². The summed E-state index contributed by atoms with van der Waals surface area (Å²) >= 11 is 14.6. The highest BCUT2D eigenvalue weighted by molar-refractivity contribution is 14.1. The van der Waals surface area contributed by atoms with E-state index in [1.165, 1.54) is 6.08 Å². The highest BCUT2D eigenvalue weighted by Crippen LogP contribution is 2.28. The van der Waals surface area contributed by atoms with Gasteiger partial charge in [0.15, 0.2) is 0 Å². The molecule has 0 bridgehead atoms. The summed E-state index contributed by atoms with van der Waals surface area (Å²) in [6.45, 7) is 0.384. The van der Waals surface area contributed by atoms with Crippen molar-refractivity contribution in [1.29, 1.82) is 5.26 Å². The minimum absolute atomic E-state index is 0.0708. The summed E-state index contributed by atoms with van der Waals surface area (Å²) in [4.78, 5) is 12.4. The molecule has 1 amide bonds. The number of nitrogens with one attached hydrogen (secondary N) is 1. The van der Waals surface area contributed by atoms with Gasteiger partial charge in [-0.25, -0.2) is 0 Å². The molecule has 30 heavy (non-hydrogen) atoms. The maximum absolute atomic E-state index is 12.4. The molecular formula is C23H15Cl2IN2O2. The number of hydrogen-bond donors (Lipinski definition) is 1. The molecule has 0 unspecified atom stereocenters. The summed E-state index contributed by atoms with van der Waals surface area (Å²) < 4.78 is 6.92. The monoisotopic (exact) mass is 548 g/mol. The van der Waals surface area contributed by atoms with Gasteiger partial charge in [-0.3, -0.25) is 4.79 Å². The Morgan fingerprint density at radius 2 is 1.80 bits per heavy atom. The highest BCUT2D eigenvalue weighted by Gasteiger charge is 2.12. The molecule has 3 aromatic carbocycles. The molecule has 150 valence electrons. The van der Waals surface area contributed by atoms with Crippen molar-refractivity contribution in [3.05, 3.63) is 97.0 Å². The number of anilines is 1. The lowest BCUT2D eigenvalue weighted by Gasteiger charge is -2.09. The Hall–Kier alpha value is -2.53. The van der Waals surface area contributed by atoms with Gasteiger partial charge in [-0.15, -0.1) is 0 Å². The molecule has 0 atom stereocenters. The Bertz CT molecular complexity index is 1140. The fraction of sp³-hybridized carbons (Fsp3) is 0.0435. The van der Waals surface area contributed by atoms with Crippen LogP contribution < -0.4 is 10.1 Å². The van der Waals surface area contributed by atoms with Crippen molar-refractivity contribution in [2.75, 3.05) is 5.32 Å². The highest BCUT2D eigenvalue weighted by atomic mass is 127. The van der Waals surface area contributed by atoms with Crippen LogP contribution in [0.2, 0.25) is 10.0 Å². The largest absolute Gasteiger partial charge is 0.487 e. The zero-order valence-corrected chi connectivity index (χ0v) is 19.2. The standard InChI is InChI=1S/C23H15Cl2IN2O2/c24-19-3-1-2-4-21(19)28-23(29)17(13-27)11-16-7-10-22(20(25)12-16)30-14-15-5-8-18(26)9-6-15/h1-12H,14H2,(H,28,29)/b17-11+. The molecule has 0 saturated carbocycles. The summed E-state index contributed by atoms with van der Waals surface area (Å²) in [5.41, 5.74) is 1.99. The van der Waals surface area contributed by atoms with Crippen molar-refractivity contribution in [3.8, 4) is 11.8 Å². The van der Waals surface area contributed by atoms with Gasteiger partial charge in [0.1, 0.15) is 24.0 Å². The summed E-state index contributed by atoms with van der Waals surface area (Å²) in [6, 6.07) is 21.8. The number of para-hydroxylation sites is 1. The van der Waals surface area contributed by atoms with E-state index in [1.807, 2.05) is 30.3 Å². The number of rotatable bonds is 6. The van der Waals surface area contributed by atoms with E-state index in [1.54, 1.807) is 42.5 Å². The molecule has 4 nitrogen and oxygen atoms in total. The molecule has 7 heteroatoms. The SMILES string of the molecule is N#C/C(=C\c1ccc(OCc2ccc(I)cc2)c(Cl)c1)C(=O)Nc1ccccc1Cl. The van der Waals surface area contributed by atoms with Gasteiger partial charge in [-0.2, -0.15) is 5.26 Å². The summed E-state index contributed by atoms with van der Waals surface area (Å²) in [5, 5.41) is 12.8. The van der Waals surface area contributed by atoms with Crippen LogP contribution in [0.3, 0.4) is 0 Å². The molecule has 0 aliphatic heterocycles. The van der Waals surface area contributed by atoms with Crippen molar-refractivity contribution >= 4 is 63.5 Å². The molecule has 0 radical (unpaired) electrons. The Balaban J connectivity index is 1.71. The minimum Gasteiger partial charge on any atom is -0.487 e. The fourth-order valence-electron chi connectivity index (χ4n) is 2.53. The molecule has 0 aromatic heterocycles. The average molecular weight is 549 g/mol. The van der Waals surface area contributed by atoms with E-state index in [9.17, 15) is 10.1 Å². The van der Waals surface area contributed by atoms with E-state index < -0.39 is 5.91 Å². The predicted molar refractivity (Wildman–Crippen MR) is 129 cm³/mol. The zero-order valence-electron chi connectivity index (χ0n) is 15.5. The number of benzene rings is 3.